The number of nitrogens with zero attached hydrogens (tertiary/aromatic N) is 4. The second kappa shape index (κ2) is 8.94. The molecule has 8 aromatic rings. The van der Waals surface area contributed by atoms with Gasteiger partial charge in [-0.3, -0.25) is 19.3 Å². The van der Waals surface area contributed by atoms with Gasteiger partial charge in [0.05, 0.1) is 39.8 Å². The second-order valence-electron chi connectivity index (χ2n) is 19.0. The molecule has 5 aromatic heterocycles. The average Bonchev–Trinajstić information content (AvgIpc) is 3.82. The molecule has 0 aliphatic heterocycles. The molecule has 7 atom stereocenters. The van der Waals surface area contributed by atoms with Crippen LogP contribution in [-0.2, 0) is 0 Å². The Hall–Kier alpha value is -4.77. The van der Waals surface area contributed by atoms with Crippen LogP contribution in [0.25, 0.3) is 65.5 Å². The summed E-state index contributed by atoms with van der Waals surface area (Å²) >= 11 is 0. The number of hydrogen-bond donors (Lipinski definition) is 0. The summed E-state index contributed by atoms with van der Waals surface area (Å²) in [5.41, 5.74) is 12.0. The summed E-state index contributed by atoms with van der Waals surface area (Å²) in [6.07, 6.45) is 17.7. The Morgan fingerprint density at radius 1 is 0.566 bits per heavy atom. The lowest BCUT2D eigenvalue weighted by Crippen LogP contribution is -2.41. The smallest absolute Gasteiger partial charge is 0.264 e. The second-order valence-corrected chi connectivity index (χ2v) is 19.0. The van der Waals surface area contributed by atoms with Crippen LogP contribution in [0.4, 0.5) is 0 Å². The molecule has 258 valence electrons. The summed E-state index contributed by atoms with van der Waals surface area (Å²) in [6, 6.07) is 21.4. The molecule has 5 heteroatoms. The van der Waals surface area contributed by atoms with E-state index in [0.717, 1.165) is 51.0 Å². The van der Waals surface area contributed by atoms with Crippen molar-refractivity contribution < 1.29 is 0 Å². The van der Waals surface area contributed by atoms with E-state index in [2.05, 4.69) is 71.4 Å². The number of aromatic nitrogens is 4. The fraction of sp³-hybridized carbons (Fsp3) is 0.396. The highest BCUT2D eigenvalue weighted by molar-refractivity contribution is 6.34. The Balaban J connectivity index is 1.19. The van der Waals surface area contributed by atoms with E-state index < -0.39 is 0 Å². The summed E-state index contributed by atoms with van der Waals surface area (Å²) in [5, 5.41) is 8.39. The fourth-order valence-electron chi connectivity index (χ4n) is 15.4. The van der Waals surface area contributed by atoms with Crippen molar-refractivity contribution in [1.29, 1.82) is 0 Å². The van der Waals surface area contributed by atoms with Crippen LogP contribution in [0.5, 0.6) is 0 Å². The van der Waals surface area contributed by atoms with Crippen LogP contribution in [0.3, 0.4) is 0 Å². The highest BCUT2D eigenvalue weighted by atomic mass is 16.1. The lowest BCUT2D eigenvalue weighted by molar-refractivity contribution is 0.00321. The number of rotatable bonds is 1. The zero-order chi connectivity index (χ0) is 34.1. The van der Waals surface area contributed by atoms with E-state index in [9.17, 15) is 0 Å². The molecule has 7 unspecified atom stereocenters. The number of para-hydroxylation sites is 2. The van der Waals surface area contributed by atoms with Crippen molar-refractivity contribution in [3.05, 3.63) is 106 Å². The number of pyridine rings is 3. The van der Waals surface area contributed by atoms with Crippen molar-refractivity contribution in [3.8, 4) is 5.69 Å². The summed E-state index contributed by atoms with van der Waals surface area (Å²) in [4.78, 5) is 26.6. The zero-order valence-corrected chi connectivity index (χ0v) is 29.8. The van der Waals surface area contributed by atoms with Gasteiger partial charge in [-0.05, 0) is 146 Å². The number of hydrogen-bond acceptors (Lipinski definition) is 3. The normalized spacial score (nSPS) is 33.1. The SMILES string of the molecule is O=c1c2c(cc3c4c5c(ncc4n4c6cnc7c(c6c2c34)C2CC3CC(CC7C3)C2)C2CC3CC4CC5CC34C2)c2ccccc2n1-c1ccccc1. The Labute approximate surface area is 306 Å². The molecular formula is C48H40N4O. The van der Waals surface area contributed by atoms with Gasteiger partial charge in [-0.15, -0.1) is 0 Å². The maximum Gasteiger partial charge on any atom is 0.264 e. The van der Waals surface area contributed by atoms with Crippen LogP contribution < -0.4 is 5.56 Å². The number of fused-ring (bicyclic) bond motifs is 16. The first-order valence-corrected chi connectivity index (χ1v) is 20.7. The minimum Gasteiger partial charge on any atom is -0.305 e. The van der Waals surface area contributed by atoms with E-state index >= 15 is 4.79 Å². The van der Waals surface area contributed by atoms with Crippen LogP contribution in [0.2, 0.25) is 0 Å². The molecule has 0 radical (unpaired) electrons. The molecule has 5 saturated carbocycles. The van der Waals surface area contributed by atoms with E-state index in [0.29, 0.717) is 29.1 Å². The van der Waals surface area contributed by atoms with Crippen molar-refractivity contribution in [1.82, 2.24) is 18.9 Å². The van der Waals surface area contributed by atoms with Crippen molar-refractivity contribution in [3.63, 3.8) is 0 Å². The van der Waals surface area contributed by atoms with Crippen molar-refractivity contribution in [2.24, 2.45) is 29.1 Å². The van der Waals surface area contributed by atoms with Crippen LogP contribution in [0.1, 0.15) is 110 Å². The van der Waals surface area contributed by atoms with Gasteiger partial charge >= 0.3 is 0 Å². The maximum absolute atomic E-state index is 15.6. The molecule has 0 amide bonds. The third-order valence-electron chi connectivity index (χ3n) is 17.0. The van der Waals surface area contributed by atoms with Gasteiger partial charge in [0.2, 0.25) is 0 Å². The summed E-state index contributed by atoms with van der Waals surface area (Å²) in [5.74, 6) is 5.62. The fourth-order valence-corrected chi connectivity index (χ4v) is 15.4. The highest BCUT2D eigenvalue weighted by Gasteiger charge is 2.66. The van der Waals surface area contributed by atoms with Crippen LogP contribution >= 0.6 is 0 Å². The first-order valence-electron chi connectivity index (χ1n) is 20.7. The Bertz CT molecular complexity index is 3050. The van der Waals surface area contributed by atoms with Gasteiger partial charge < -0.3 is 4.40 Å². The molecule has 8 aliphatic rings. The lowest BCUT2D eigenvalue weighted by atomic mass is 9.56. The predicted molar refractivity (Wildman–Crippen MR) is 211 cm³/mol. The molecular weight excluding hydrogens is 649 g/mol. The van der Waals surface area contributed by atoms with Gasteiger partial charge in [0.1, 0.15) is 0 Å². The van der Waals surface area contributed by atoms with Crippen molar-refractivity contribution >= 4 is 59.8 Å². The molecule has 1 spiro atoms. The molecule has 3 aromatic carbocycles. The Kier molecular flexibility index (Phi) is 4.69. The van der Waals surface area contributed by atoms with E-state index in [1.165, 1.54) is 119 Å². The van der Waals surface area contributed by atoms with Gasteiger partial charge in [-0.2, -0.15) is 0 Å². The first kappa shape index (κ1) is 27.8. The van der Waals surface area contributed by atoms with E-state index in [4.69, 9.17) is 9.97 Å². The van der Waals surface area contributed by atoms with Crippen LogP contribution in [0.15, 0.2) is 77.9 Å². The summed E-state index contributed by atoms with van der Waals surface area (Å²) < 4.78 is 4.53. The Morgan fingerprint density at radius 3 is 2.08 bits per heavy atom. The van der Waals surface area contributed by atoms with Crippen molar-refractivity contribution in [2.75, 3.05) is 0 Å². The van der Waals surface area contributed by atoms with Gasteiger partial charge in [-0.25, -0.2) is 0 Å². The van der Waals surface area contributed by atoms with Crippen LogP contribution in [-0.4, -0.2) is 18.9 Å². The molecule has 0 N–H and O–H groups in total. The standard InChI is InChI=1S/C48H40N4O/c53-47-41-33(32-8-4-5-9-35(32)51(47)31-6-2-1-3-7-31)18-34-40-36(21-50-45-28-16-30-17-29-15-27(39(40)45)19-48(29,30)20-28)52-37-22-49-44-26-13-23-10-24(14-26)12-25(11-23)38(44)42(37)43(41)46(34)52/h1-9,18,21-30H,10-17,19-20H2. The van der Waals surface area contributed by atoms with Gasteiger partial charge in [-0.1, -0.05) is 36.4 Å². The van der Waals surface area contributed by atoms with Gasteiger partial charge in [0, 0.05) is 55.8 Å². The lowest BCUT2D eigenvalue weighted by Gasteiger charge is -2.48. The van der Waals surface area contributed by atoms with E-state index in [1.807, 2.05) is 10.6 Å². The summed E-state index contributed by atoms with van der Waals surface area (Å²) in [7, 11) is 0. The molecule has 8 aliphatic carbocycles. The summed E-state index contributed by atoms with van der Waals surface area (Å²) in [6.45, 7) is 0. The van der Waals surface area contributed by atoms with Crippen molar-refractivity contribution in [2.45, 2.75) is 87.9 Å². The molecule has 16 rings (SSSR count). The minimum atomic E-state index is 0.0863. The topological polar surface area (TPSA) is 52.2 Å². The molecule has 5 heterocycles. The van der Waals surface area contributed by atoms with Gasteiger partial charge in [0.25, 0.3) is 5.56 Å². The highest BCUT2D eigenvalue weighted by Crippen LogP contribution is 2.76. The first-order chi connectivity index (χ1) is 26.1. The largest absolute Gasteiger partial charge is 0.305 e. The third-order valence-corrected chi connectivity index (χ3v) is 17.0. The molecule has 5 nitrogen and oxygen atoms in total. The average molecular weight is 689 g/mol. The van der Waals surface area contributed by atoms with E-state index in [1.54, 1.807) is 5.56 Å². The quantitative estimate of drug-likeness (QED) is 0.161. The maximum atomic E-state index is 15.6. The minimum absolute atomic E-state index is 0.0863. The third kappa shape index (κ3) is 3.04. The van der Waals surface area contributed by atoms with Gasteiger partial charge in [0.15, 0.2) is 0 Å². The molecule has 0 saturated heterocycles. The monoisotopic (exact) mass is 688 g/mol. The zero-order valence-electron chi connectivity index (χ0n) is 29.8. The molecule has 7 bridgehead atoms. The molecule has 5 fully saturated rings. The number of benzene rings is 3. The van der Waals surface area contributed by atoms with E-state index in [-0.39, 0.29) is 5.56 Å². The predicted octanol–water partition coefficient (Wildman–Crippen LogP) is 10.9. The van der Waals surface area contributed by atoms with Crippen LogP contribution in [0, 0.1) is 29.1 Å². The molecule has 53 heavy (non-hydrogen) atoms. The Morgan fingerprint density at radius 2 is 1.25 bits per heavy atom.